The van der Waals surface area contributed by atoms with Gasteiger partial charge in [0.25, 0.3) is 0 Å². The average molecular weight is 281 g/mol. The summed E-state index contributed by atoms with van der Waals surface area (Å²) in [5.41, 5.74) is 5.53. The lowest BCUT2D eigenvalue weighted by atomic mass is 9.98. The molecule has 0 amide bonds. The number of aryl methyl sites for hydroxylation is 2. The van der Waals surface area contributed by atoms with Crippen molar-refractivity contribution in [1.82, 2.24) is 5.32 Å². The fourth-order valence-electron chi connectivity index (χ4n) is 2.82. The molecule has 2 rings (SSSR count). The smallest absolute Gasteiger partial charge is 0.0320 e. The van der Waals surface area contributed by atoms with Gasteiger partial charge in [-0.3, -0.25) is 0 Å². The molecule has 2 unspecified atom stereocenters. The first-order valence-electron chi connectivity index (χ1n) is 7.97. The molecule has 1 heteroatoms. The van der Waals surface area contributed by atoms with Crippen LogP contribution in [-0.2, 0) is 6.42 Å². The molecule has 0 aliphatic carbocycles. The molecule has 0 aliphatic heterocycles. The minimum absolute atomic E-state index is 0.435. The summed E-state index contributed by atoms with van der Waals surface area (Å²) < 4.78 is 0. The van der Waals surface area contributed by atoms with E-state index in [-0.39, 0.29) is 0 Å². The predicted molar refractivity (Wildman–Crippen MR) is 91.7 cm³/mol. The summed E-state index contributed by atoms with van der Waals surface area (Å²) >= 11 is 0. The standard InChI is InChI=1S/C20H27N/c1-5-20(18-12-10-15(2)11-13-18)21-17(4)14-19-9-7-6-8-16(19)3/h6-13,17,20-21H,5,14H2,1-4H3. The zero-order valence-corrected chi connectivity index (χ0v) is 13.7. The highest BCUT2D eigenvalue weighted by Gasteiger charge is 2.13. The van der Waals surface area contributed by atoms with E-state index in [4.69, 9.17) is 0 Å². The fraction of sp³-hybridized carbons (Fsp3) is 0.400. The van der Waals surface area contributed by atoms with Gasteiger partial charge in [0.05, 0.1) is 0 Å². The van der Waals surface area contributed by atoms with Gasteiger partial charge in [0.1, 0.15) is 0 Å². The SMILES string of the molecule is CCC(NC(C)Cc1ccccc1C)c1ccc(C)cc1. The van der Waals surface area contributed by atoms with Crippen molar-refractivity contribution in [2.24, 2.45) is 0 Å². The van der Waals surface area contributed by atoms with Crippen molar-refractivity contribution in [3.63, 3.8) is 0 Å². The topological polar surface area (TPSA) is 12.0 Å². The molecule has 0 saturated carbocycles. The summed E-state index contributed by atoms with van der Waals surface area (Å²) in [6.07, 6.45) is 2.19. The Morgan fingerprint density at radius 1 is 0.952 bits per heavy atom. The van der Waals surface area contributed by atoms with Crippen LogP contribution in [0, 0.1) is 13.8 Å². The first kappa shape index (κ1) is 15.8. The van der Waals surface area contributed by atoms with Gasteiger partial charge in [-0.2, -0.15) is 0 Å². The number of hydrogen-bond donors (Lipinski definition) is 1. The molecule has 112 valence electrons. The second-order valence-corrected chi connectivity index (χ2v) is 6.07. The van der Waals surface area contributed by atoms with E-state index >= 15 is 0 Å². The number of benzene rings is 2. The van der Waals surface area contributed by atoms with Gasteiger partial charge >= 0.3 is 0 Å². The molecule has 0 heterocycles. The van der Waals surface area contributed by atoms with Gasteiger partial charge < -0.3 is 5.32 Å². The van der Waals surface area contributed by atoms with Gasteiger partial charge in [-0.05, 0) is 50.3 Å². The van der Waals surface area contributed by atoms with Gasteiger partial charge in [-0.25, -0.2) is 0 Å². The maximum atomic E-state index is 3.78. The molecule has 2 atom stereocenters. The zero-order chi connectivity index (χ0) is 15.2. The molecule has 0 radical (unpaired) electrons. The van der Waals surface area contributed by atoms with Gasteiger partial charge in [0, 0.05) is 12.1 Å². The summed E-state index contributed by atoms with van der Waals surface area (Å²) in [5, 5.41) is 3.78. The van der Waals surface area contributed by atoms with Crippen LogP contribution in [0.25, 0.3) is 0 Å². The summed E-state index contributed by atoms with van der Waals surface area (Å²) in [6.45, 7) is 8.86. The Balaban J connectivity index is 2.01. The van der Waals surface area contributed by atoms with E-state index in [1.165, 1.54) is 22.3 Å². The van der Waals surface area contributed by atoms with Crippen LogP contribution < -0.4 is 5.32 Å². The molecule has 0 fully saturated rings. The number of nitrogens with one attached hydrogen (secondary N) is 1. The molecule has 0 spiro atoms. The highest BCUT2D eigenvalue weighted by atomic mass is 14.9. The van der Waals surface area contributed by atoms with E-state index in [1.54, 1.807) is 0 Å². The van der Waals surface area contributed by atoms with E-state index in [2.05, 4.69) is 81.5 Å². The third-order valence-corrected chi connectivity index (χ3v) is 4.16. The molecule has 0 saturated heterocycles. The van der Waals surface area contributed by atoms with Gasteiger partial charge in [0.15, 0.2) is 0 Å². The first-order valence-corrected chi connectivity index (χ1v) is 7.97. The maximum absolute atomic E-state index is 3.78. The normalized spacial score (nSPS) is 13.9. The predicted octanol–water partition coefficient (Wildman–Crippen LogP) is 4.98. The molecule has 1 nitrogen and oxygen atoms in total. The van der Waals surface area contributed by atoms with Gasteiger partial charge in [-0.1, -0.05) is 61.0 Å². The maximum Gasteiger partial charge on any atom is 0.0320 e. The average Bonchev–Trinajstić information content (AvgIpc) is 2.48. The van der Waals surface area contributed by atoms with Gasteiger partial charge in [0.2, 0.25) is 0 Å². The fourth-order valence-corrected chi connectivity index (χ4v) is 2.82. The molecule has 1 N–H and O–H groups in total. The molecule has 2 aromatic rings. The van der Waals surface area contributed by atoms with Crippen molar-refractivity contribution in [2.45, 2.75) is 52.6 Å². The monoisotopic (exact) mass is 281 g/mol. The second kappa shape index (κ2) is 7.42. The van der Waals surface area contributed by atoms with Crippen LogP contribution in [-0.4, -0.2) is 6.04 Å². The second-order valence-electron chi connectivity index (χ2n) is 6.07. The van der Waals surface area contributed by atoms with Crippen molar-refractivity contribution >= 4 is 0 Å². The Bertz CT molecular complexity index is 556. The molecule has 2 aromatic carbocycles. The van der Waals surface area contributed by atoms with Crippen LogP contribution in [0.4, 0.5) is 0 Å². The van der Waals surface area contributed by atoms with E-state index in [0.29, 0.717) is 12.1 Å². The Kier molecular flexibility index (Phi) is 5.58. The summed E-state index contributed by atoms with van der Waals surface area (Å²) in [7, 11) is 0. The Labute approximate surface area is 129 Å². The number of rotatable bonds is 6. The van der Waals surface area contributed by atoms with E-state index in [1.807, 2.05) is 0 Å². The van der Waals surface area contributed by atoms with Crippen molar-refractivity contribution < 1.29 is 0 Å². The number of hydrogen-bond acceptors (Lipinski definition) is 1. The molecular weight excluding hydrogens is 254 g/mol. The lowest BCUT2D eigenvalue weighted by molar-refractivity contribution is 0.443. The summed E-state index contributed by atoms with van der Waals surface area (Å²) in [6, 6.07) is 18.5. The lowest BCUT2D eigenvalue weighted by Crippen LogP contribution is -2.32. The lowest BCUT2D eigenvalue weighted by Gasteiger charge is -2.23. The van der Waals surface area contributed by atoms with Crippen molar-refractivity contribution in [3.8, 4) is 0 Å². The minimum atomic E-state index is 0.435. The van der Waals surface area contributed by atoms with Crippen molar-refractivity contribution in [1.29, 1.82) is 0 Å². The van der Waals surface area contributed by atoms with E-state index in [0.717, 1.165) is 12.8 Å². The largest absolute Gasteiger partial charge is 0.307 e. The van der Waals surface area contributed by atoms with Crippen LogP contribution in [0.2, 0.25) is 0 Å². The molecule has 0 aromatic heterocycles. The molecule has 21 heavy (non-hydrogen) atoms. The van der Waals surface area contributed by atoms with Crippen LogP contribution in [0.15, 0.2) is 48.5 Å². The molecule has 0 bridgehead atoms. The summed E-state index contributed by atoms with van der Waals surface area (Å²) in [4.78, 5) is 0. The van der Waals surface area contributed by atoms with E-state index < -0.39 is 0 Å². The highest BCUT2D eigenvalue weighted by molar-refractivity contribution is 5.27. The van der Waals surface area contributed by atoms with Crippen LogP contribution >= 0.6 is 0 Å². The van der Waals surface area contributed by atoms with Gasteiger partial charge in [-0.15, -0.1) is 0 Å². The third kappa shape index (κ3) is 4.44. The quantitative estimate of drug-likeness (QED) is 0.787. The van der Waals surface area contributed by atoms with Crippen molar-refractivity contribution in [3.05, 3.63) is 70.8 Å². The first-order chi connectivity index (χ1) is 10.1. The molecular formula is C20H27N. The van der Waals surface area contributed by atoms with Crippen LogP contribution in [0.5, 0.6) is 0 Å². The van der Waals surface area contributed by atoms with E-state index in [9.17, 15) is 0 Å². The van der Waals surface area contributed by atoms with Crippen LogP contribution in [0.3, 0.4) is 0 Å². The zero-order valence-electron chi connectivity index (χ0n) is 13.7. The third-order valence-electron chi connectivity index (χ3n) is 4.16. The summed E-state index contributed by atoms with van der Waals surface area (Å²) in [5.74, 6) is 0. The van der Waals surface area contributed by atoms with Crippen molar-refractivity contribution in [2.75, 3.05) is 0 Å². The Hall–Kier alpha value is -1.60. The highest BCUT2D eigenvalue weighted by Crippen LogP contribution is 2.19. The Morgan fingerprint density at radius 2 is 1.62 bits per heavy atom. The Morgan fingerprint density at radius 3 is 2.24 bits per heavy atom. The minimum Gasteiger partial charge on any atom is -0.307 e. The van der Waals surface area contributed by atoms with Crippen LogP contribution in [0.1, 0.15) is 48.6 Å². The molecule has 0 aliphatic rings.